The summed E-state index contributed by atoms with van der Waals surface area (Å²) in [6.07, 6.45) is 1.94. The first-order chi connectivity index (χ1) is 9.49. The molecule has 0 aliphatic carbocycles. The van der Waals surface area contributed by atoms with Crippen LogP contribution in [0.4, 0.5) is 5.69 Å². The molecule has 108 valence electrons. The highest BCUT2D eigenvalue weighted by Gasteiger charge is 2.04. The van der Waals surface area contributed by atoms with Crippen molar-refractivity contribution in [1.29, 1.82) is 0 Å². The Morgan fingerprint density at radius 2 is 2.10 bits per heavy atom. The van der Waals surface area contributed by atoms with Crippen LogP contribution in [0.15, 0.2) is 40.9 Å². The number of nitrogens with zero attached hydrogens (tertiary/aromatic N) is 1. The zero-order valence-electron chi connectivity index (χ0n) is 11.1. The summed E-state index contributed by atoms with van der Waals surface area (Å²) in [5, 5.41) is 10.5. The summed E-state index contributed by atoms with van der Waals surface area (Å²) in [6.45, 7) is 1.94. The van der Waals surface area contributed by atoms with Gasteiger partial charge in [-0.1, -0.05) is 0 Å². The van der Waals surface area contributed by atoms with Crippen molar-refractivity contribution >= 4 is 23.4 Å². The molecule has 0 atom stereocenters. The van der Waals surface area contributed by atoms with Crippen LogP contribution in [-0.2, 0) is 9.53 Å². The number of thioether (sulfide) groups is 1. The Hall–Kier alpha value is -2.02. The highest BCUT2D eigenvalue weighted by Crippen LogP contribution is 2.21. The van der Waals surface area contributed by atoms with Gasteiger partial charge in [0.2, 0.25) is 0 Å². The van der Waals surface area contributed by atoms with Crippen molar-refractivity contribution in [3.05, 3.63) is 46.2 Å². The maximum Gasteiger partial charge on any atom is 0.332 e. The lowest BCUT2D eigenvalue weighted by Crippen LogP contribution is -2.06. The van der Waals surface area contributed by atoms with Gasteiger partial charge >= 0.3 is 5.97 Å². The lowest BCUT2D eigenvalue weighted by molar-refractivity contribution is -0.384. The number of benzene rings is 1. The van der Waals surface area contributed by atoms with Crippen molar-refractivity contribution in [2.24, 2.45) is 5.73 Å². The van der Waals surface area contributed by atoms with Gasteiger partial charge in [0.15, 0.2) is 0 Å². The summed E-state index contributed by atoms with van der Waals surface area (Å²) < 4.78 is 4.94. The number of nitro groups is 1. The van der Waals surface area contributed by atoms with Crippen molar-refractivity contribution in [3.63, 3.8) is 0 Å². The Labute approximate surface area is 121 Å². The molecule has 0 spiro atoms. The van der Waals surface area contributed by atoms with Crippen molar-refractivity contribution in [2.75, 3.05) is 12.4 Å². The molecular weight excluding hydrogens is 280 g/mol. The van der Waals surface area contributed by atoms with Crippen molar-refractivity contribution in [1.82, 2.24) is 0 Å². The molecule has 1 rings (SSSR count). The fraction of sp³-hybridized carbons (Fsp3) is 0.308. The summed E-state index contributed by atoms with van der Waals surface area (Å²) in [5.74, 6) is 0.321. The normalized spacial score (nSPS) is 11.2. The van der Waals surface area contributed by atoms with E-state index in [0.717, 1.165) is 10.6 Å². The molecule has 6 nitrogen and oxygen atoms in total. The number of nitro benzene ring substituents is 1. The first-order valence-electron chi connectivity index (χ1n) is 5.97. The van der Waals surface area contributed by atoms with Crippen LogP contribution < -0.4 is 5.73 Å². The van der Waals surface area contributed by atoms with Gasteiger partial charge in [0.1, 0.15) is 0 Å². The van der Waals surface area contributed by atoms with Crippen LogP contribution in [0.25, 0.3) is 0 Å². The number of carbonyl (C=O) groups excluding carboxylic acids is 1. The van der Waals surface area contributed by atoms with Crippen molar-refractivity contribution in [2.45, 2.75) is 18.2 Å². The second-order valence-corrected chi connectivity index (χ2v) is 5.18. The number of non-ortho nitro benzene ring substituents is 1. The minimum atomic E-state index is -0.440. The van der Waals surface area contributed by atoms with Gasteiger partial charge in [-0.2, -0.15) is 0 Å². The van der Waals surface area contributed by atoms with Gasteiger partial charge in [0.25, 0.3) is 5.69 Å². The predicted octanol–water partition coefficient (Wildman–Crippen LogP) is 2.48. The molecule has 0 aliphatic heterocycles. The maximum atomic E-state index is 11.1. The minimum Gasteiger partial charge on any atom is -0.462 e. The molecule has 0 radical (unpaired) electrons. The SMILES string of the molecule is C/C(N)=C\C(=O)OCCCSc1ccc([N+](=O)[O-])cc1. The number of nitrogens with two attached hydrogens (primary N) is 1. The molecule has 0 bridgehead atoms. The fourth-order valence-corrected chi connectivity index (χ4v) is 2.14. The summed E-state index contributed by atoms with van der Waals surface area (Å²) >= 11 is 1.55. The molecule has 0 amide bonds. The number of hydrogen-bond acceptors (Lipinski definition) is 6. The highest BCUT2D eigenvalue weighted by molar-refractivity contribution is 7.99. The molecule has 7 heteroatoms. The molecule has 0 fully saturated rings. The minimum absolute atomic E-state index is 0.0761. The standard InChI is InChI=1S/C13H16N2O4S/c1-10(14)9-13(16)19-7-2-8-20-12-5-3-11(4-6-12)15(17)18/h3-6,9H,2,7-8,14H2,1H3/b10-9+. The molecule has 2 N–H and O–H groups in total. The average Bonchev–Trinajstić information content (AvgIpc) is 2.38. The third-order valence-corrected chi connectivity index (χ3v) is 3.29. The lowest BCUT2D eigenvalue weighted by atomic mass is 10.3. The molecule has 1 aromatic rings. The van der Waals surface area contributed by atoms with E-state index in [1.165, 1.54) is 18.2 Å². The van der Waals surface area contributed by atoms with Gasteiger partial charge in [-0.3, -0.25) is 10.1 Å². The molecule has 0 heterocycles. The van der Waals surface area contributed by atoms with Crippen LogP contribution in [0.3, 0.4) is 0 Å². The lowest BCUT2D eigenvalue weighted by Gasteiger charge is -2.03. The number of rotatable bonds is 7. The number of allylic oxidation sites excluding steroid dienone is 1. The Morgan fingerprint density at radius 3 is 2.65 bits per heavy atom. The largest absolute Gasteiger partial charge is 0.462 e. The Morgan fingerprint density at radius 1 is 1.45 bits per heavy atom. The summed E-state index contributed by atoms with van der Waals surface area (Å²) in [4.78, 5) is 22.1. The first-order valence-corrected chi connectivity index (χ1v) is 6.95. The van der Waals surface area contributed by atoms with E-state index >= 15 is 0 Å². The van der Waals surface area contributed by atoms with Crippen molar-refractivity contribution in [3.8, 4) is 0 Å². The van der Waals surface area contributed by atoms with E-state index in [0.29, 0.717) is 18.7 Å². The number of ether oxygens (including phenoxy) is 1. The Bertz CT molecular complexity index is 496. The Kier molecular flexibility index (Phi) is 6.58. The molecule has 20 heavy (non-hydrogen) atoms. The molecular formula is C13H16N2O4S. The zero-order valence-corrected chi connectivity index (χ0v) is 11.9. The van der Waals surface area contributed by atoms with Gasteiger partial charge in [-0.15, -0.1) is 11.8 Å². The molecule has 0 saturated carbocycles. The highest BCUT2D eigenvalue weighted by atomic mass is 32.2. The van der Waals surface area contributed by atoms with E-state index in [1.54, 1.807) is 30.8 Å². The summed E-state index contributed by atoms with van der Waals surface area (Å²) in [7, 11) is 0. The van der Waals surface area contributed by atoms with Crippen LogP contribution >= 0.6 is 11.8 Å². The smallest absolute Gasteiger partial charge is 0.332 e. The van der Waals surface area contributed by atoms with E-state index in [2.05, 4.69) is 0 Å². The molecule has 0 aliphatic rings. The van der Waals surface area contributed by atoms with Crippen LogP contribution in [0, 0.1) is 10.1 Å². The fourth-order valence-electron chi connectivity index (χ4n) is 1.31. The van der Waals surface area contributed by atoms with Crippen LogP contribution in [0.5, 0.6) is 0 Å². The van der Waals surface area contributed by atoms with E-state index in [9.17, 15) is 14.9 Å². The molecule has 0 saturated heterocycles. The molecule has 0 unspecified atom stereocenters. The van der Waals surface area contributed by atoms with Crippen LogP contribution in [-0.4, -0.2) is 23.3 Å². The van der Waals surface area contributed by atoms with Gasteiger partial charge in [0.05, 0.1) is 11.5 Å². The second-order valence-electron chi connectivity index (χ2n) is 4.01. The number of hydrogen-bond donors (Lipinski definition) is 1. The molecule has 0 aromatic heterocycles. The van der Waals surface area contributed by atoms with Gasteiger partial charge in [-0.05, 0) is 25.5 Å². The first kappa shape index (κ1) is 16.0. The number of esters is 1. The average molecular weight is 296 g/mol. The quantitative estimate of drug-likeness (QED) is 0.207. The maximum absolute atomic E-state index is 11.1. The summed E-state index contributed by atoms with van der Waals surface area (Å²) in [6, 6.07) is 6.35. The predicted molar refractivity (Wildman–Crippen MR) is 77.3 cm³/mol. The van der Waals surface area contributed by atoms with E-state index < -0.39 is 10.9 Å². The van der Waals surface area contributed by atoms with E-state index in [-0.39, 0.29) is 5.69 Å². The summed E-state index contributed by atoms with van der Waals surface area (Å²) in [5.41, 5.74) is 5.83. The number of carbonyl (C=O) groups is 1. The zero-order chi connectivity index (χ0) is 15.0. The molecule has 1 aromatic carbocycles. The van der Waals surface area contributed by atoms with Gasteiger partial charge < -0.3 is 10.5 Å². The van der Waals surface area contributed by atoms with Crippen LogP contribution in [0.1, 0.15) is 13.3 Å². The second kappa shape index (κ2) is 8.21. The monoisotopic (exact) mass is 296 g/mol. The topological polar surface area (TPSA) is 95.5 Å². The third kappa shape index (κ3) is 6.24. The van der Waals surface area contributed by atoms with E-state index in [1.807, 2.05) is 0 Å². The van der Waals surface area contributed by atoms with Crippen molar-refractivity contribution < 1.29 is 14.5 Å². The van der Waals surface area contributed by atoms with E-state index in [4.69, 9.17) is 10.5 Å². The van der Waals surface area contributed by atoms with Gasteiger partial charge in [0, 0.05) is 34.6 Å². The third-order valence-electron chi connectivity index (χ3n) is 2.19. The van der Waals surface area contributed by atoms with Crippen LogP contribution in [0.2, 0.25) is 0 Å². The van der Waals surface area contributed by atoms with Gasteiger partial charge in [-0.25, -0.2) is 4.79 Å². The Balaban J connectivity index is 2.23.